The van der Waals surface area contributed by atoms with E-state index in [-0.39, 0.29) is 12.2 Å². The molecule has 0 aromatic heterocycles. The molecule has 13 heteroatoms. The third-order valence-electron chi connectivity index (χ3n) is 4.69. The fraction of sp³-hybridized carbons (Fsp3) is 0.500. The number of amides is 3. The van der Waals surface area contributed by atoms with Crippen LogP contribution in [0.4, 0.5) is 0 Å². The quantitative estimate of drug-likeness (QED) is 0.147. The molecule has 0 saturated carbocycles. The van der Waals surface area contributed by atoms with Crippen molar-refractivity contribution in [3.63, 3.8) is 0 Å². The second-order valence-electron chi connectivity index (χ2n) is 7.51. The van der Waals surface area contributed by atoms with Gasteiger partial charge in [-0.25, -0.2) is 4.79 Å². The first-order chi connectivity index (χ1) is 15.4. The zero-order valence-electron chi connectivity index (χ0n) is 18.1. The minimum atomic E-state index is -1.59. The fourth-order valence-electron chi connectivity index (χ4n) is 2.67. The number of phenols is 1. The van der Waals surface area contributed by atoms with Crippen molar-refractivity contribution < 1.29 is 44.7 Å². The maximum atomic E-state index is 12.5. The monoisotopic (exact) mass is 470 g/mol. The largest absolute Gasteiger partial charge is 0.508 e. The van der Waals surface area contributed by atoms with E-state index in [1.807, 2.05) is 0 Å². The molecule has 0 heterocycles. The third kappa shape index (κ3) is 8.65. The molecule has 0 radical (unpaired) electrons. The van der Waals surface area contributed by atoms with E-state index in [4.69, 9.17) is 5.73 Å². The van der Waals surface area contributed by atoms with Gasteiger partial charge in [0.2, 0.25) is 17.7 Å². The van der Waals surface area contributed by atoms with Crippen LogP contribution in [-0.4, -0.2) is 92.2 Å². The van der Waals surface area contributed by atoms with Gasteiger partial charge in [0.25, 0.3) is 0 Å². The number of aliphatic hydroxyl groups excluding tert-OH is 3. The highest BCUT2D eigenvalue weighted by Crippen LogP contribution is 2.11. The van der Waals surface area contributed by atoms with Crippen molar-refractivity contribution in [2.24, 2.45) is 5.73 Å². The lowest BCUT2D eigenvalue weighted by atomic mass is 10.1. The Labute approximate surface area is 189 Å². The van der Waals surface area contributed by atoms with Gasteiger partial charge in [-0.05, 0) is 31.5 Å². The molecular formula is C20H30N4O9. The van der Waals surface area contributed by atoms with Gasteiger partial charge >= 0.3 is 5.97 Å². The molecule has 0 aliphatic heterocycles. The molecule has 0 bridgehead atoms. The highest BCUT2D eigenvalue weighted by atomic mass is 16.4. The van der Waals surface area contributed by atoms with Crippen LogP contribution in [-0.2, 0) is 25.6 Å². The molecule has 10 N–H and O–H groups in total. The number of aromatic hydroxyl groups is 1. The van der Waals surface area contributed by atoms with Gasteiger partial charge in [-0.3, -0.25) is 14.4 Å². The Morgan fingerprint density at radius 3 is 1.88 bits per heavy atom. The molecule has 1 aromatic carbocycles. The van der Waals surface area contributed by atoms with Crippen molar-refractivity contribution >= 4 is 23.7 Å². The number of carbonyl (C=O) groups excluding carboxylic acids is 3. The number of carboxylic acids is 1. The predicted molar refractivity (Wildman–Crippen MR) is 114 cm³/mol. The van der Waals surface area contributed by atoms with Crippen LogP contribution < -0.4 is 21.7 Å². The van der Waals surface area contributed by atoms with Gasteiger partial charge in [-0.15, -0.1) is 0 Å². The average molecular weight is 470 g/mol. The third-order valence-corrected chi connectivity index (χ3v) is 4.69. The van der Waals surface area contributed by atoms with Gasteiger partial charge < -0.3 is 47.2 Å². The number of hydrogen-bond acceptors (Lipinski definition) is 9. The Kier molecular flexibility index (Phi) is 10.7. The van der Waals surface area contributed by atoms with Gasteiger partial charge in [0.05, 0.1) is 18.8 Å². The first kappa shape index (κ1) is 27.8. The maximum Gasteiger partial charge on any atom is 0.326 e. The number of nitrogens with two attached hydrogens (primary N) is 1. The molecule has 3 amide bonds. The normalized spacial score (nSPS) is 16.4. The van der Waals surface area contributed by atoms with Crippen LogP contribution in [0.25, 0.3) is 0 Å². The summed E-state index contributed by atoms with van der Waals surface area (Å²) in [5.74, 6) is -4.40. The molecule has 6 atom stereocenters. The van der Waals surface area contributed by atoms with Crippen molar-refractivity contribution in [3.8, 4) is 5.75 Å². The summed E-state index contributed by atoms with van der Waals surface area (Å²) >= 11 is 0. The number of nitrogens with one attached hydrogen (secondary N) is 3. The topological polar surface area (TPSA) is 232 Å². The van der Waals surface area contributed by atoms with Gasteiger partial charge in [0.1, 0.15) is 29.9 Å². The van der Waals surface area contributed by atoms with Gasteiger partial charge in [-0.2, -0.15) is 0 Å². The SMILES string of the molecule is CC(O)C(N)C(=O)NC(C(=O)NC(CO)C(=O)NC(Cc1ccc(O)cc1)C(=O)O)C(C)O. The van der Waals surface area contributed by atoms with Crippen molar-refractivity contribution in [1.82, 2.24) is 16.0 Å². The number of phenolic OH excluding ortho intramolecular Hbond substituents is 1. The van der Waals surface area contributed by atoms with Crippen LogP contribution in [0.15, 0.2) is 24.3 Å². The van der Waals surface area contributed by atoms with Gasteiger partial charge in [0.15, 0.2) is 0 Å². The number of carboxylic acid groups (broad SMARTS) is 1. The number of rotatable bonds is 12. The molecule has 0 aliphatic rings. The van der Waals surface area contributed by atoms with Gasteiger partial charge in [0, 0.05) is 6.42 Å². The molecule has 6 unspecified atom stereocenters. The van der Waals surface area contributed by atoms with E-state index in [1.165, 1.54) is 38.1 Å². The lowest BCUT2D eigenvalue weighted by Crippen LogP contribution is -2.61. The van der Waals surface area contributed by atoms with Crippen LogP contribution >= 0.6 is 0 Å². The van der Waals surface area contributed by atoms with Crippen molar-refractivity contribution in [1.29, 1.82) is 0 Å². The van der Waals surface area contributed by atoms with Crippen molar-refractivity contribution in [2.45, 2.75) is 56.6 Å². The van der Waals surface area contributed by atoms with E-state index in [0.29, 0.717) is 5.56 Å². The number of carbonyl (C=O) groups is 4. The fourth-order valence-corrected chi connectivity index (χ4v) is 2.67. The molecule has 184 valence electrons. The number of hydrogen-bond donors (Lipinski definition) is 9. The summed E-state index contributed by atoms with van der Waals surface area (Å²) in [6, 6.07) is -0.329. The summed E-state index contributed by atoms with van der Waals surface area (Å²) in [7, 11) is 0. The smallest absolute Gasteiger partial charge is 0.326 e. The molecule has 0 aliphatic carbocycles. The summed E-state index contributed by atoms with van der Waals surface area (Å²) in [6.45, 7) is 1.53. The molecule has 13 nitrogen and oxygen atoms in total. The Hall–Kier alpha value is -3.26. The minimum Gasteiger partial charge on any atom is -0.508 e. The molecular weight excluding hydrogens is 440 g/mol. The highest BCUT2D eigenvalue weighted by Gasteiger charge is 2.32. The molecule has 1 aromatic rings. The molecule has 1 rings (SSSR count). The summed E-state index contributed by atoms with van der Waals surface area (Å²) in [5, 5.41) is 54.0. The Balaban J connectivity index is 2.86. The first-order valence-electron chi connectivity index (χ1n) is 10.0. The van der Waals surface area contributed by atoms with Crippen LogP contribution in [0, 0.1) is 0 Å². The summed E-state index contributed by atoms with van der Waals surface area (Å²) in [6.07, 6.45) is -2.81. The van der Waals surface area contributed by atoms with E-state index in [1.54, 1.807) is 0 Å². The van der Waals surface area contributed by atoms with Gasteiger partial charge in [-0.1, -0.05) is 12.1 Å². The van der Waals surface area contributed by atoms with Crippen molar-refractivity contribution in [2.75, 3.05) is 6.61 Å². The maximum absolute atomic E-state index is 12.5. The lowest BCUT2D eigenvalue weighted by Gasteiger charge is -2.26. The van der Waals surface area contributed by atoms with Crippen molar-refractivity contribution in [3.05, 3.63) is 29.8 Å². The zero-order chi connectivity index (χ0) is 25.3. The number of aliphatic hydroxyl groups is 3. The Morgan fingerprint density at radius 1 is 0.879 bits per heavy atom. The van der Waals surface area contributed by atoms with E-state index in [9.17, 15) is 44.7 Å². The van der Waals surface area contributed by atoms with Crippen LogP contribution in [0.2, 0.25) is 0 Å². The molecule has 0 spiro atoms. The standard InChI is InChI=1S/C20H30N4O9/c1-9(26)15(21)18(30)24-16(10(2)27)19(31)23-14(8-25)17(29)22-13(20(32)33)7-11-3-5-12(28)6-4-11/h3-6,9-10,13-16,25-28H,7-8,21H2,1-2H3,(H,22,29)(H,23,31)(H,24,30)(H,32,33). The van der Waals surface area contributed by atoms with E-state index >= 15 is 0 Å². The van der Waals surface area contributed by atoms with Crippen LogP contribution in [0.5, 0.6) is 5.75 Å². The van der Waals surface area contributed by atoms with E-state index in [2.05, 4.69) is 16.0 Å². The number of aliphatic carboxylic acids is 1. The second-order valence-corrected chi connectivity index (χ2v) is 7.51. The first-order valence-corrected chi connectivity index (χ1v) is 10.0. The molecule has 0 fully saturated rings. The highest BCUT2D eigenvalue weighted by molar-refractivity contribution is 5.94. The van der Waals surface area contributed by atoms with E-state index < -0.39 is 66.7 Å². The second kappa shape index (κ2) is 12.7. The summed E-state index contributed by atoms with van der Waals surface area (Å²) in [5.41, 5.74) is 5.99. The average Bonchev–Trinajstić information content (AvgIpc) is 2.75. The van der Waals surface area contributed by atoms with E-state index in [0.717, 1.165) is 0 Å². The summed E-state index contributed by atoms with van der Waals surface area (Å²) < 4.78 is 0. The summed E-state index contributed by atoms with van der Waals surface area (Å²) in [4.78, 5) is 48.6. The zero-order valence-corrected chi connectivity index (χ0v) is 18.1. The minimum absolute atomic E-state index is 0.0214. The lowest BCUT2D eigenvalue weighted by molar-refractivity contribution is -0.142. The Morgan fingerprint density at radius 2 is 1.42 bits per heavy atom. The molecule has 33 heavy (non-hydrogen) atoms. The molecule has 0 saturated heterocycles. The Bertz CT molecular complexity index is 829. The predicted octanol–water partition coefficient (Wildman–Crippen LogP) is -3.45. The van der Waals surface area contributed by atoms with Crippen LogP contribution in [0.3, 0.4) is 0 Å². The van der Waals surface area contributed by atoms with Crippen LogP contribution in [0.1, 0.15) is 19.4 Å². The number of benzene rings is 1.